The van der Waals surface area contributed by atoms with Crippen molar-refractivity contribution in [3.05, 3.63) is 53.6 Å². The van der Waals surface area contributed by atoms with Gasteiger partial charge in [-0.05, 0) is 47.8 Å². The maximum absolute atomic E-state index is 12.3. The van der Waals surface area contributed by atoms with E-state index in [2.05, 4.69) is 0 Å². The molecule has 6 heteroatoms. The van der Waals surface area contributed by atoms with Gasteiger partial charge >= 0.3 is 5.97 Å². The van der Waals surface area contributed by atoms with Crippen molar-refractivity contribution in [3.63, 3.8) is 0 Å². The van der Waals surface area contributed by atoms with E-state index in [4.69, 9.17) is 14.2 Å². The molecule has 124 valence electrons. The van der Waals surface area contributed by atoms with Gasteiger partial charge < -0.3 is 14.2 Å². The molecule has 2 heterocycles. The molecule has 24 heavy (non-hydrogen) atoms. The highest BCUT2D eigenvalue weighted by molar-refractivity contribution is 8.16. The quantitative estimate of drug-likeness (QED) is 0.593. The van der Waals surface area contributed by atoms with Gasteiger partial charge in [0, 0.05) is 6.07 Å². The third-order valence-electron chi connectivity index (χ3n) is 3.80. The van der Waals surface area contributed by atoms with E-state index in [9.17, 15) is 4.79 Å². The van der Waals surface area contributed by atoms with Crippen molar-refractivity contribution in [2.24, 2.45) is 0 Å². The first kappa shape index (κ1) is 15.7. The molecule has 0 saturated carbocycles. The van der Waals surface area contributed by atoms with Crippen LogP contribution in [0, 0.1) is 0 Å². The second kappa shape index (κ2) is 6.99. The van der Waals surface area contributed by atoms with Crippen LogP contribution >= 0.6 is 23.5 Å². The molecule has 0 amide bonds. The Kier molecular flexibility index (Phi) is 4.58. The second-order valence-electron chi connectivity index (χ2n) is 5.45. The van der Waals surface area contributed by atoms with Gasteiger partial charge in [-0.1, -0.05) is 12.1 Å². The largest absolute Gasteiger partial charge is 0.454 e. The van der Waals surface area contributed by atoms with Gasteiger partial charge in [-0.25, -0.2) is 4.79 Å². The molecule has 2 aliphatic rings. The Labute approximate surface area is 148 Å². The van der Waals surface area contributed by atoms with Crippen LogP contribution in [-0.4, -0.2) is 24.3 Å². The summed E-state index contributed by atoms with van der Waals surface area (Å²) in [6, 6.07) is 12.8. The number of benzene rings is 2. The molecule has 2 aliphatic heterocycles. The van der Waals surface area contributed by atoms with Gasteiger partial charge in [-0.2, -0.15) is 0 Å². The van der Waals surface area contributed by atoms with Crippen LogP contribution in [0.4, 0.5) is 0 Å². The summed E-state index contributed by atoms with van der Waals surface area (Å²) in [6.45, 7) is 0.200. The van der Waals surface area contributed by atoms with Gasteiger partial charge in [0.25, 0.3) is 0 Å². The van der Waals surface area contributed by atoms with Gasteiger partial charge in [0.05, 0.1) is 10.1 Å². The molecule has 0 aliphatic carbocycles. The smallest absolute Gasteiger partial charge is 0.343 e. The van der Waals surface area contributed by atoms with E-state index in [0.717, 1.165) is 0 Å². The zero-order valence-corrected chi connectivity index (χ0v) is 14.5. The summed E-state index contributed by atoms with van der Waals surface area (Å²) in [5.74, 6) is 3.75. The standard InChI is InChI=1S/C18H16O4S2/c19-17(22-14-6-7-15-16(10-14)21-11-20-15)12-2-4-13(5-3-12)18-23-8-1-9-24-18/h2-7,10,18H,1,8-9,11H2. The van der Waals surface area contributed by atoms with Crippen LogP contribution in [0.5, 0.6) is 17.2 Å². The highest BCUT2D eigenvalue weighted by Crippen LogP contribution is 2.43. The number of thioether (sulfide) groups is 2. The molecular weight excluding hydrogens is 344 g/mol. The van der Waals surface area contributed by atoms with Gasteiger partial charge in [-0.3, -0.25) is 0 Å². The van der Waals surface area contributed by atoms with E-state index in [-0.39, 0.29) is 12.8 Å². The Bertz CT molecular complexity index is 739. The first-order chi connectivity index (χ1) is 11.8. The van der Waals surface area contributed by atoms with E-state index in [0.29, 0.717) is 27.4 Å². The lowest BCUT2D eigenvalue weighted by molar-refractivity contribution is 0.0734. The summed E-state index contributed by atoms with van der Waals surface area (Å²) in [5.41, 5.74) is 1.80. The van der Waals surface area contributed by atoms with Crippen LogP contribution in [0.3, 0.4) is 0 Å². The van der Waals surface area contributed by atoms with Crippen LogP contribution in [0.1, 0.15) is 26.9 Å². The molecule has 0 aromatic heterocycles. The molecule has 0 bridgehead atoms. The molecule has 0 atom stereocenters. The number of hydrogen-bond acceptors (Lipinski definition) is 6. The summed E-state index contributed by atoms with van der Waals surface area (Å²) in [6.07, 6.45) is 1.27. The zero-order chi connectivity index (χ0) is 16.4. The van der Waals surface area contributed by atoms with Crippen LogP contribution in [0.25, 0.3) is 0 Å². The Morgan fingerprint density at radius 1 is 1.00 bits per heavy atom. The molecule has 0 N–H and O–H groups in total. The van der Waals surface area contributed by atoms with Crippen molar-refractivity contribution < 1.29 is 19.0 Å². The van der Waals surface area contributed by atoms with Crippen molar-refractivity contribution in [3.8, 4) is 17.2 Å². The second-order valence-corrected chi connectivity index (χ2v) is 8.18. The van der Waals surface area contributed by atoms with Crippen LogP contribution in [0.2, 0.25) is 0 Å². The monoisotopic (exact) mass is 360 g/mol. The number of fused-ring (bicyclic) bond motifs is 1. The van der Waals surface area contributed by atoms with Crippen molar-refractivity contribution >= 4 is 29.5 Å². The number of hydrogen-bond donors (Lipinski definition) is 0. The Balaban J connectivity index is 1.44. The zero-order valence-electron chi connectivity index (χ0n) is 12.9. The molecule has 0 spiro atoms. The number of rotatable bonds is 3. The average Bonchev–Trinajstić information content (AvgIpc) is 3.10. The van der Waals surface area contributed by atoms with E-state index < -0.39 is 0 Å². The Morgan fingerprint density at radius 2 is 1.75 bits per heavy atom. The van der Waals surface area contributed by atoms with Gasteiger partial charge in [0.1, 0.15) is 5.75 Å². The van der Waals surface area contributed by atoms with Crippen molar-refractivity contribution in [1.82, 2.24) is 0 Å². The summed E-state index contributed by atoms with van der Waals surface area (Å²) < 4.78 is 16.4. The summed E-state index contributed by atoms with van der Waals surface area (Å²) >= 11 is 3.93. The first-order valence-corrected chi connectivity index (χ1v) is 9.84. The topological polar surface area (TPSA) is 44.8 Å². The van der Waals surface area contributed by atoms with E-state index in [1.165, 1.54) is 23.5 Å². The molecular formula is C18H16O4S2. The summed E-state index contributed by atoms with van der Waals surface area (Å²) in [7, 11) is 0. The minimum atomic E-state index is -0.371. The van der Waals surface area contributed by atoms with Crippen molar-refractivity contribution in [2.75, 3.05) is 18.3 Å². The first-order valence-electron chi connectivity index (χ1n) is 7.74. The van der Waals surface area contributed by atoms with Crippen molar-refractivity contribution in [1.29, 1.82) is 0 Å². The highest BCUT2D eigenvalue weighted by atomic mass is 32.2. The fourth-order valence-electron chi connectivity index (χ4n) is 2.56. The lowest BCUT2D eigenvalue weighted by Gasteiger charge is -2.21. The van der Waals surface area contributed by atoms with E-state index in [1.54, 1.807) is 18.2 Å². The minimum Gasteiger partial charge on any atom is -0.454 e. The molecule has 2 aromatic carbocycles. The highest BCUT2D eigenvalue weighted by Gasteiger charge is 2.18. The predicted molar refractivity (Wildman–Crippen MR) is 96.2 cm³/mol. The number of carbonyl (C=O) groups is 1. The minimum absolute atomic E-state index is 0.200. The van der Waals surface area contributed by atoms with Gasteiger partial charge in [0.2, 0.25) is 6.79 Å². The average molecular weight is 360 g/mol. The third-order valence-corrected chi connectivity index (χ3v) is 6.82. The number of esters is 1. The van der Waals surface area contributed by atoms with E-state index in [1.807, 2.05) is 47.8 Å². The summed E-state index contributed by atoms with van der Waals surface area (Å²) in [4.78, 5) is 12.3. The Hall–Kier alpha value is -1.79. The third kappa shape index (κ3) is 3.35. The fraction of sp³-hybridized carbons (Fsp3) is 0.278. The van der Waals surface area contributed by atoms with Gasteiger partial charge in [-0.15, -0.1) is 23.5 Å². The SMILES string of the molecule is O=C(Oc1ccc2c(c1)OCO2)c1ccc(C2SCCCS2)cc1. The molecule has 1 saturated heterocycles. The van der Waals surface area contributed by atoms with Gasteiger partial charge in [0.15, 0.2) is 11.5 Å². The summed E-state index contributed by atoms with van der Waals surface area (Å²) in [5, 5.41) is 0. The predicted octanol–water partition coefficient (Wildman–Crippen LogP) is 4.50. The molecule has 0 radical (unpaired) electrons. The molecule has 4 rings (SSSR count). The van der Waals surface area contributed by atoms with Crippen LogP contribution in [0.15, 0.2) is 42.5 Å². The number of carbonyl (C=O) groups excluding carboxylic acids is 1. The molecule has 0 unspecified atom stereocenters. The Morgan fingerprint density at radius 3 is 2.54 bits per heavy atom. The maximum atomic E-state index is 12.3. The van der Waals surface area contributed by atoms with Crippen LogP contribution in [-0.2, 0) is 0 Å². The number of ether oxygens (including phenoxy) is 3. The van der Waals surface area contributed by atoms with E-state index >= 15 is 0 Å². The maximum Gasteiger partial charge on any atom is 0.343 e. The lowest BCUT2D eigenvalue weighted by Crippen LogP contribution is -2.08. The normalized spacial score (nSPS) is 16.8. The molecule has 2 aromatic rings. The fourth-order valence-corrected chi connectivity index (χ4v) is 5.46. The molecule has 4 nitrogen and oxygen atoms in total. The molecule has 1 fully saturated rings. The lowest BCUT2D eigenvalue weighted by atomic mass is 10.1. The van der Waals surface area contributed by atoms with Crippen molar-refractivity contribution in [2.45, 2.75) is 11.0 Å². The van der Waals surface area contributed by atoms with Crippen LogP contribution < -0.4 is 14.2 Å².